The molecule has 0 radical (unpaired) electrons. The van der Waals surface area contributed by atoms with Gasteiger partial charge < -0.3 is 10.4 Å². The van der Waals surface area contributed by atoms with E-state index in [2.05, 4.69) is 5.32 Å². The first kappa shape index (κ1) is 8.04. The highest BCUT2D eigenvalue weighted by atomic mass is 16.4. The maximum atomic E-state index is 10.8. The van der Waals surface area contributed by atoms with E-state index in [4.69, 9.17) is 5.11 Å². The number of carbonyl (C=O) groups excluding carboxylic acids is 1. The van der Waals surface area contributed by atoms with Crippen molar-refractivity contribution < 1.29 is 14.7 Å². The van der Waals surface area contributed by atoms with Gasteiger partial charge >= 0.3 is 5.97 Å². The van der Waals surface area contributed by atoms with E-state index in [-0.39, 0.29) is 17.7 Å². The SMILES string of the molecule is CC(C)C1C(=O)NC1C(=O)O. The molecule has 1 rings (SSSR count). The number of amides is 1. The van der Waals surface area contributed by atoms with Gasteiger partial charge in [0.15, 0.2) is 0 Å². The second-order valence-electron chi connectivity index (χ2n) is 3.09. The Morgan fingerprint density at radius 3 is 2.36 bits per heavy atom. The van der Waals surface area contributed by atoms with Crippen molar-refractivity contribution in [3.05, 3.63) is 0 Å². The van der Waals surface area contributed by atoms with Crippen molar-refractivity contribution in [2.24, 2.45) is 11.8 Å². The standard InChI is InChI=1S/C7H11NO3/c1-3(2)4-5(7(10)11)8-6(4)9/h3-5H,1-2H3,(H,8,9)(H,10,11). The minimum Gasteiger partial charge on any atom is -0.480 e. The summed E-state index contributed by atoms with van der Waals surface area (Å²) >= 11 is 0. The molecular weight excluding hydrogens is 146 g/mol. The zero-order chi connectivity index (χ0) is 8.59. The van der Waals surface area contributed by atoms with E-state index in [1.54, 1.807) is 0 Å². The first-order valence-corrected chi connectivity index (χ1v) is 3.57. The lowest BCUT2D eigenvalue weighted by Gasteiger charge is -2.36. The fourth-order valence-corrected chi connectivity index (χ4v) is 1.30. The summed E-state index contributed by atoms with van der Waals surface area (Å²) in [6.45, 7) is 3.69. The maximum absolute atomic E-state index is 10.8. The summed E-state index contributed by atoms with van der Waals surface area (Å²) in [5.41, 5.74) is 0. The first-order chi connectivity index (χ1) is 5.04. The number of aliphatic carboxylic acids is 1. The summed E-state index contributed by atoms with van der Waals surface area (Å²) in [5.74, 6) is -1.33. The Labute approximate surface area is 64.6 Å². The molecule has 0 aromatic rings. The van der Waals surface area contributed by atoms with Crippen LogP contribution < -0.4 is 5.32 Å². The zero-order valence-electron chi connectivity index (χ0n) is 6.50. The van der Waals surface area contributed by atoms with Crippen LogP contribution in [0, 0.1) is 11.8 Å². The Bertz CT molecular complexity index is 200. The number of β-lactam (4-membered cyclic amide) rings is 1. The van der Waals surface area contributed by atoms with Crippen molar-refractivity contribution >= 4 is 11.9 Å². The second-order valence-corrected chi connectivity index (χ2v) is 3.09. The molecule has 4 nitrogen and oxygen atoms in total. The molecule has 62 valence electrons. The number of carboxylic acid groups (broad SMARTS) is 1. The Morgan fingerprint density at radius 2 is 2.18 bits per heavy atom. The van der Waals surface area contributed by atoms with E-state index in [9.17, 15) is 9.59 Å². The third-order valence-electron chi connectivity index (χ3n) is 1.94. The van der Waals surface area contributed by atoms with Crippen LogP contribution in [0.2, 0.25) is 0 Å². The van der Waals surface area contributed by atoms with Gasteiger partial charge in [-0.05, 0) is 5.92 Å². The lowest BCUT2D eigenvalue weighted by atomic mass is 9.81. The number of rotatable bonds is 2. The summed E-state index contributed by atoms with van der Waals surface area (Å²) in [6, 6.07) is -0.664. The number of hydrogen-bond donors (Lipinski definition) is 2. The number of carbonyl (C=O) groups is 2. The smallest absolute Gasteiger partial charge is 0.327 e. The lowest BCUT2D eigenvalue weighted by Crippen LogP contribution is -2.63. The molecule has 1 fully saturated rings. The van der Waals surface area contributed by atoms with E-state index in [1.807, 2.05) is 13.8 Å². The quantitative estimate of drug-likeness (QED) is 0.547. The van der Waals surface area contributed by atoms with Crippen LogP contribution in [0.1, 0.15) is 13.8 Å². The van der Waals surface area contributed by atoms with Gasteiger partial charge in [0.05, 0.1) is 5.92 Å². The predicted octanol–water partition coefficient (Wildman–Crippen LogP) is -0.158. The second kappa shape index (κ2) is 2.53. The molecule has 0 bridgehead atoms. The molecule has 0 spiro atoms. The Hall–Kier alpha value is -1.06. The van der Waals surface area contributed by atoms with Crippen LogP contribution in [-0.2, 0) is 9.59 Å². The van der Waals surface area contributed by atoms with E-state index < -0.39 is 12.0 Å². The molecule has 1 heterocycles. The van der Waals surface area contributed by atoms with Crippen LogP contribution in [0.5, 0.6) is 0 Å². The monoisotopic (exact) mass is 157 g/mol. The van der Waals surface area contributed by atoms with Crippen LogP contribution in [-0.4, -0.2) is 23.0 Å². The van der Waals surface area contributed by atoms with Gasteiger partial charge in [-0.25, -0.2) is 4.79 Å². The molecule has 1 amide bonds. The fourth-order valence-electron chi connectivity index (χ4n) is 1.30. The van der Waals surface area contributed by atoms with E-state index >= 15 is 0 Å². The third-order valence-corrected chi connectivity index (χ3v) is 1.94. The summed E-state index contributed by atoms with van der Waals surface area (Å²) in [7, 11) is 0. The molecule has 1 aliphatic heterocycles. The molecule has 0 aromatic heterocycles. The van der Waals surface area contributed by atoms with Crippen LogP contribution >= 0.6 is 0 Å². The number of hydrogen-bond acceptors (Lipinski definition) is 2. The molecule has 2 unspecified atom stereocenters. The molecule has 11 heavy (non-hydrogen) atoms. The van der Waals surface area contributed by atoms with Gasteiger partial charge in [-0.3, -0.25) is 4.79 Å². The molecule has 1 saturated heterocycles. The minimum atomic E-state index is -0.941. The van der Waals surface area contributed by atoms with Crippen molar-refractivity contribution in [2.75, 3.05) is 0 Å². The normalized spacial score (nSPS) is 29.5. The van der Waals surface area contributed by atoms with Gasteiger partial charge in [0.1, 0.15) is 6.04 Å². The number of nitrogens with one attached hydrogen (secondary N) is 1. The van der Waals surface area contributed by atoms with Gasteiger partial charge in [0.2, 0.25) is 5.91 Å². The molecule has 4 heteroatoms. The van der Waals surface area contributed by atoms with E-state index in [0.29, 0.717) is 0 Å². The molecule has 0 aliphatic carbocycles. The summed E-state index contributed by atoms with van der Waals surface area (Å²) < 4.78 is 0. The minimum absolute atomic E-state index is 0.102. The fraction of sp³-hybridized carbons (Fsp3) is 0.714. The average molecular weight is 157 g/mol. The molecule has 0 saturated carbocycles. The van der Waals surface area contributed by atoms with E-state index in [1.165, 1.54) is 0 Å². The Kier molecular flexibility index (Phi) is 1.85. The van der Waals surface area contributed by atoms with Crippen LogP contribution in [0.25, 0.3) is 0 Å². The Morgan fingerprint density at radius 1 is 1.64 bits per heavy atom. The first-order valence-electron chi connectivity index (χ1n) is 3.57. The van der Waals surface area contributed by atoms with Gasteiger partial charge in [0.25, 0.3) is 0 Å². The molecule has 0 aromatic carbocycles. The van der Waals surface area contributed by atoms with Crippen molar-refractivity contribution in [2.45, 2.75) is 19.9 Å². The highest BCUT2D eigenvalue weighted by Crippen LogP contribution is 2.23. The molecule has 2 N–H and O–H groups in total. The summed E-state index contributed by atoms with van der Waals surface area (Å²) in [6.07, 6.45) is 0. The topological polar surface area (TPSA) is 66.4 Å². The molecule has 1 aliphatic rings. The largest absolute Gasteiger partial charge is 0.480 e. The third kappa shape index (κ3) is 1.20. The molecular formula is C7H11NO3. The maximum Gasteiger partial charge on any atom is 0.327 e. The predicted molar refractivity (Wildman–Crippen MR) is 37.9 cm³/mol. The van der Waals surface area contributed by atoms with Crippen molar-refractivity contribution in [1.82, 2.24) is 5.32 Å². The zero-order valence-corrected chi connectivity index (χ0v) is 6.50. The van der Waals surface area contributed by atoms with Gasteiger partial charge in [-0.2, -0.15) is 0 Å². The Balaban J connectivity index is 2.62. The van der Waals surface area contributed by atoms with Gasteiger partial charge in [-0.15, -0.1) is 0 Å². The molecule has 2 atom stereocenters. The van der Waals surface area contributed by atoms with Crippen molar-refractivity contribution in [1.29, 1.82) is 0 Å². The van der Waals surface area contributed by atoms with Crippen molar-refractivity contribution in [3.8, 4) is 0 Å². The van der Waals surface area contributed by atoms with Crippen LogP contribution in [0.4, 0.5) is 0 Å². The average Bonchev–Trinajstić information content (AvgIpc) is 1.80. The number of carboxylic acids is 1. The highest BCUT2D eigenvalue weighted by molar-refractivity contribution is 5.96. The van der Waals surface area contributed by atoms with Crippen LogP contribution in [0.15, 0.2) is 0 Å². The van der Waals surface area contributed by atoms with E-state index in [0.717, 1.165) is 0 Å². The van der Waals surface area contributed by atoms with Crippen molar-refractivity contribution in [3.63, 3.8) is 0 Å². The lowest BCUT2D eigenvalue weighted by molar-refractivity contribution is -0.154. The summed E-state index contributed by atoms with van der Waals surface area (Å²) in [5, 5.41) is 10.9. The van der Waals surface area contributed by atoms with Crippen LogP contribution in [0.3, 0.4) is 0 Å². The highest BCUT2D eigenvalue weighted by Gasteiger charge is 2.45. The van der Waals surface area contributed by atoms with Gasteiger partial charge in [0, 0.05) is 0 Å². The van der Waals surface area contributed by atoms with Gasteiger partial charge in [-0.1, -0.05) is 13.8 Å². The summed E-state index contributed by atoms with van der Waals surface area (Å²) in [4.78, 5) is 21.2.